The molecule has 2 heterocycles. The Balaban J connectivity index is 1.56. The Labute approximate surface area is 176 Å². The molecule has 0 radical (unpaired) electrons. The predicted molar refractivity (Wildman–Crippen MR) is 105 cm³/mol. The predicted octanol–water partition coefficient (Wildman–Crippen LogP) is 2.94. The van der Waals surface area contributed by atoms with Crippen molar-refractivity contribution in [1.82, 2.24) is 9.29 Å². The van der Waals surface area contributed by atoms with E-state index in [0.717, 1.165) is 24.3 Å². The minimum absolute atomic E-state index is 0.114. The standard InChI is InChI=1S/C19H20F3N3O5S/c1-13-10-14(11-18(26)23-13)12-29-24-15-6-8-25(9-7-15)31(27,28)17-4-2-16(3-5-17)30-19(20,21)22/h2-5,10-11H,6-9,12H2,1H3,(H,23,26). The van der Waals surface area contributed by atoms with Crippen LogP contribution in [-0.2, 0) is 21.5 Å². The Morgan fingerprint density at radius 1 is 1.13 bits per heavy atom. The van der Waals surface area contributed by atoms with Crippen molar-refractivity contribution in [3.63, 3.8) is 0 Å². The van der Waals surface area contributed by atoms with Crippen LogP contribution in [0.15, 0.2) is 51.2 Å². The summed E-state index contributed by atoms with van der Waals surface area (Å²) in [6.45, 7) is 2.19. The van der Waals surface area contributed by atoms with Crippen LogP contribution in [-0.4, -0.2) is 42.9 Å². The largest absolute Gasteiger partial charge is 0.573 e. The Morgan fingerprint density at radius 2 is 1.77 bits per heavy atom. The molecule has 1 aromatic carbocycles. The van der Waals surface area contributed by atoms with Gasteiger partial charge in [0.15, 0.2) is 0 Å². The number of aryl methyl sites for hydroxylation is 1. The summed E-state index contributed by atoms with van der Waals surface area (Å²) in [5, 5.41) is 4.03. The summed E-state index contributed by atoms with van der Waals surface area (Å²) >= 11 is 0. The van der Waals surface area contributed by atoms with E-state index in [9.17, 15) is 26.4 Å². The van der Waals surface area contributed by atoms with Gasteiger partial charge in [0, 0.05) is 37.7 Å². The first-order valence-corrected chi connectivity index (χ1v) is 10.7. The number of pyridine rings is 1. The highest BCUT2D eigenvalue weighted by Crippen LogP contribution is 2.26. The Kier molecular flexibility index (Phi) is 6.70. The molecule has 1 saturated heterocycles. The Bertz CT molecular complexity index is 1100. The summed E-state index contributed by atoms with van der Waals surface area (Å²) < 4.78 is 67.1. The number of piperidine rings is 1. The average molecular weight is 459 g/mol. The fourth-order valence-electron chi connectivity index (χ4n) is 3.07. The van der Waals surface area contributed by atoms with E-state index in [2.05, 4.69) is 14.9 Å². The normalized spacial score (nSPS) is 15.5. The number of sulfonamides is 1. The third-order valence-corrected chi connectivity index (χ3v) is 6.37. The monoisotopic (exact) mass is 459 g/mol. The second-order valence-corrected chi connectivity index (χ2v) is 8.83. The third kappa shape index (κ3) is 6.31. The fourth-order valence-corrected chi connectivity index (χ4v) is 4.52. The highest BCUT2D eigenvalue weighted by molar-refractivity contribution is 7.89. The summed E-state index contributed by atoms with van der Waals surface area (Å²) in [5.74, 6) is -0.493. The van der Waals surface area contributed by atoms with Gasteiger partial charge in [0.05, 0.1) is 10.6 Å². The molecule has 0 atom stereocenters. The molecule has 0 aliphatic carbocycles. The van der Waals surface area contributed by atoms with Crippen molar-refractivity contribution in [3.8, 4) is 5.75 Å². The van der Waals surface area contributed by atoms with Crippen LogP contribution in [0, 0.1) is 6.92 Å². The molecule has 1 aromatic heterocycles. The van der Waals surface area contributed by atoms with E-state index in [1.54, 1.807) is 13.0 Å². The lowest BCUT2D eigenvalue weighted by Crippen LogP contribution is -2.38. The lowest BCUT2D eigenvalue weighted by Gasteiger charge is -2.26. The van der Waals surface area contributed by atoms with Crippen molar-refractivity contribution in [2.24, 2.45) is 5.16 Å². The minimum atomic E-state index is -4.85. The number of halogens is 3. The van der Waals surface area contributed by atoms with E-state index in [1.807, 2.05) is 0 Å². The van der Waals surface area contributed by atoms with Gasteiger partial charge in [0.2, 0.25) is 15.6 Å². The lowest BCUT2D eigenvalue weighted by molar-refractivity contribution is -0.274. The van der Waals surface area contributed by atoms with E-state index in [-0.39, 0.29) is 30.2 Å². The molecule has 0 amide bonds. The molecule has 1 fully saturated rings. The Hall–Kier alpha value is -2.86. The maximum atomic E-state index is 12.7. The molecule has 168 valence electrons. The summed E-state index contributed by atoms with van der Waals surface area (Å²) in [4.78, 5) is 19.2. The van der Waals surface area contributed by atoms with Gasteiger partial charge in [-0.15, -0.1) is 13.2 Å². The summed E-state index contributed by atoms with van der Waals surface area (Å²) in [6, 6.07) is 7.25. The average Bonchev–Trinajstić information content (AvgIpc) is 2.67. The SMILES string of the molecule is Cc1cc(CON=C2CCN(S(=O)(=O)c3ccc(OC(F)(F)F)cc3)CC2)cc(=O)[nH]1. The van der Waals surface area contributed by atoms with Crippen LogP contribution >= 0.6 is 0 Å². The second kappa shape index (κ2) is 9.10. The molecule has 1 aliphatic heterocycles. The van der Waals surface area contributed by atoms with E-state index in [0.29, 0.717) is 29.8 Å². The maximum absolute atomic E-state index is 12.7. The summed E-state index contributed by atoms with van der Waals surface area (Å²) in [7, 11) is -3.86. The summed E-state index contributed by atoms with van der Waals surface area (Å²) in [5.41, 5.74) is 1.82. The molecule has 0 unspecified atom stereocenters. The number of benzene rings is 1. The van der Waals surface area contributed by atoms with Crippen LogP contribution in [0.2, 0.25) is 0 Å². The number of ether oxygens (including phenoxy) is 1. The molecule has 1 aliphatic rings. The molecule has 31 heavy (non-hydrogen) atoms. The van der Waals surface area contributed by atoms with E-state index < -0.39 is 22.1 Å². The van der Waals surface area contributed by atoms with Crippen LogP contribution in [0.1, 0.15) is 24.1 Å². The number of alkyl halides is 3. The van der Waals surface area contributed by atoms with Crippen LogP contribution in [0.5, 0.6) is 5.75 Å². The molecule has 0 saturated carbocycles. The smallest absolute Gasteiger partial charge is 0.406 e. The number of aromatic amines is 1. The number of oxime groups is 1. The highest BCUT2D eigenvalue weighted by Gasteiger charge is 2.32. The molecular formula is C19H20F3N3O5S. The molecule has 0 bridgehead atoms. The van der Waals surface area contributed by atoms with Crippen molar-refractivity contribution in [1.29, 1.82) is 0 Å². The quantitative estimate of drug-likeness (QED) is 0.670. The third-order valence-electron chi connectivity index (χ3n) is 4.46. The van der Waals surface area contributed by atoms with Crippen molar-refractivity contribution in [2.75, 3.05) is 13.1 Å². The molecule has 2 aromatic rings. The van der Waals surface area contributed by atoms with Crippen molar-refractivity contribution in [2.45, 2.75) is 37.6 Å². The molecule has 0 spiro atoms. The van der Waals surface area contributed by atoms with E-state index in [1.165, 1.54) is 10.4 Å². The van der Waals surface area contributed by atoms with Gasteiger partial charge in [-0.2, -0.15) is 4.31 Å². The van der Waals surface area contributed by atoms with Crippen molar-refractivity contribution >= 4 is 15.7 Å². The zero-order valence-electron chi connectivity index (χ0n) is 16.5. The van der Waals surface area contributed by atoms with Crippen LogP contribution in [0.4, 0.5) is 13.2 Å². The molecule has 1 N–H and O–H groups in total. The van der Waals surface area contributed by atoms with Crippen LogP contribution in [0.3, 0.4) is 0 Å². The first-order valence-electron chi connectivity index (χ1n) is 9.26. The number of nitrogens with zero attached hydrogens (tertiary/aromatic N) is 2. The lowest BCUT2D eigenvalue weighted by atomic mass is 10.1. The number of H-pyrrole nitrogens is 1. The van der Waals surface area contributed by atoms with Gasteiger partial charge >= 0.3 is 6.36 Å². The van der Waals surface area contributed by atoms with Gasteiger partial charge in [-0.1, -0.05) is 5.16 Å². The van der Waals surface area contributed by atoms with Crippen LogP contribution in [0.25, 0.3) is 0 Å². The van der Waals surface area contributed by atoms with Gasteiger partial charge in [0.25, 0.3) is 0 Å². The van der Waals surface area contributed by atoms with Crippen molar-refractivity contribution < 1.29 is 31.2 Å². The molecule has 8 nitrogen and oxygen atoms in total. The van der Waals surface area contributed by atoms with Gasteiger partial charge in [-0.05, 0) is 42.8 Å². The van der Waals surface area contributed by atoms with Gasteiger partial charge in [-0.3, -0.25) is 4.79 Å². The first kappa shape index (κ1) is 22.8. The fraction of sp³-hybridized carbons (Fsp3) is 0.368. The molecule has 12 heteroatoms. The number of hydrogen-bond acceptors (Lipinski definition) is 6. The minimum Gasteiger partial charge on any atom is -0.406 e. The number of hydrogen-bond donors (Lipinski definition) is 1. The molecular weight excluding hydrogens is 439 g/mol. The van der Waals surface area contributed by atoms with Gasteiger partial charge in [-0.25, -0.2) is 8.42 Å². The number of nitrogens with one attached hydrogen (secondary N) is 1. The first-order chi connectivity index (χ1) is 14.5. The second-order valence-electron chi connectivity index (χ2n) is 6.89. The maximum Gasteiger partial charge on any atom is 0.573 e. The van der Waals surface area contributed by atoms with E-state index >= 15 is 0 Å². The summed E-state index contributed by atoms with van der Waals surface area (Å²) in [6.07, 6.45) is -4.15. The topological polar surface area (TPSA) is 101 Å². The van der Waals surface area contributed by atoms with Crippen molar-refractivity contribution in [3.05, 3.63) is 58.0 Å². The van der Waals surface area contributed by atoms with E-state index in [4.69, 9.17) is 4.84 Å². The zero-order chi connectivity index (χ0) is 22.6. The Morgan fingerprint density at radius 3 is 2.35 bits per heavy atom. The van der Waals surface area contributed by atoms with Gasteiger partial charge < -0.3 is 14.6 Å². The van der Waals surface area contributed by atoms with Crippen LogP contribution < -0.4 is 10.3 Å². The number of aromatic nitrogens is 1. The highest BCUT2D eigenvalue weighted by atomic mass is 32.2. The number of rotatable bonds is 6. The molecule has 3 rings (SSSR count). The van der Waals surface area contributed by atoms with Gasteiger partial charge in [0.1, 0.15) is 12.4 Å². The zero-order valence-corrected chi connectivity index (χ0v) is 17.3.